The zero-order valence-corrected chi connectivity index (χ0v) is 17.3. The molecule has 0 unspecified atom stereocenters. The van der Waals surface area contributed by atoms with Gasteiger partial charge in [-0.05, 0) is 6.42 Å². The van der Waals surface area contributed by atoms with Gasteiger partial charge in [0.15, 0.2) is 0 Å². The minimum atomic E-state index is 0. The lowest BCUT2D eigenvalue weighted by Crippen LogP contribution is -2.20. The highest BCUT2D eigenvalue weighted by atomic mass is 15.2. The molecule has 0 spiro atoms. The molecule has 3 heteroatoms. The van der Waals surface area contributed by atoms with E-state index >= 15 is 0 Å². The SMILES string of the molecule is CCCCCCCCCCCCCCCCCCCN1C=NCC1.N. The van der Waals surface area contributed by atoms with Gasteiger partial charge in [-0.3, -0.25) is 4.99 Å². The summed E-state index contributed by atoms with van der Waals surface area (Å²) in [4.78, 5) is 6.63. The molecule has 0 amide bonds. The van der Waals surface area contributed by atoms with Crippen molar-refractivity contribution in [2.75, 3.05) is 19.6 Å². The summed E-state index contributed by atoms with van der Waals surface area (Å²) < 4.78 is 0. The Bertz CT molecular complexity index is 278. The summed E-state index contributed by atoms with van der Waals surface area (Å²) >= 11 is 0. The summed E-state index contributed by atoms with van der Waals surface area (Å²) in [5.74, 6) is 0. The third-order valence-electron chi connectivity index (χ3n) is 5.31. The number of hydrogen-bond acceptors (Lipinski definition) is 3. The summed E-state index contributed by atoms with van der Waals surface area (Å²) in [6.07, 6.45) is 26.7. The van der Waals surface area contributed by atoms with E-state index < -0.39 is 0 Å². The molecule has 0 aromatic heterocycles. The van der Waals surface area contributed by atoms with Crippen LogP contribution in [0.3, 0.4) is 0 Å². The molecule has 0 saturated heterocycles. The van der Waals surface area contributed by atoms with E-state index in [1.54, 1.807) is 0 Å². The van der Waals surface area contributed by atoms with Gasteiger partial charge < -0.3 is 11.1 Å². The standard InChI is InChI=1S/C22H44N2.H3N/c1-2-3-4-5-6-7-8-9-10-11-12-13-14-15-16-17-18-20-24-21-19-23-22-24;/h22H,2-21H2,1H3;1H3. The molecule has 3 nitrogen and oxygen atoms in total. The van der Waals surface area contributed by atoms with Gasteiger partial charge in [0.05, 0.1) is 12.9 Å². The van der Waals surface area contributed by atoms with Crippen LogP contribution >= 0.6 is 0 Å². The second-order valence-corrected chi connectivity index (χ2v) is 7.71. The Morgan fingerprint density at radius 1 is 0.640 bits per heavy atom. The van der Waals surface area contributed by atoms with E-state index in [0.29, 0.717) is 0 Å². The van der Waals surface area contributed by atoms with E-state index in [2.05, 4.69) is 16.8 Å². The quantitative estimate of drug-likeness (QED) is 0.266. The first-order valence-electron chi connectivity index (χ1n) is 11.2. The van der Waals surface area contributed by atoms with Crippen LogP contribution in [-0.2, 0) is 0 Å². The van der Waals surface area contributed by atoms with Crippen molar-refractivity contribution >= 4 is 6.34 Å². The maximum atomic E-state index is 4.26. The third kappa shape index (κ3) is 16.6. The van der Waals surface area contributed by atoms with Crippen LogP contribution in [0, 0.1) is 0 Å². The van der Waals surface area contributed by atoms with Gasteiger partial charge in [-0.2, -0.15) is 0 Å². The molecule has 25 heavy (non-hydrogen) atoms. The minimum Gasteiger partial charge on any atom is -0.361 e. The van der Waals surface area contributed by atoms with Gasteiger partial charge in [-0.1, -0.05) is 110 Å². The molecule has 150 valence electrons. The predicted molar refractivity (Wildman–Crippen MR) is 114 cm³/mol. The topological polar surface area (TPSA) is 50.6 Å². The van der Waals surface area contributed by atoms with Crippen molar-refractivity contribution in [2.45, 2.75) is 116 Å². The molecule has 0 aliphatic carbocycles. The molecule has 1 aliphatic heterocycles. The fraction of sp³-hybridized carbons (Fsp3) is 0.955. The molecule has 0 fully saturated rings. The monoisotopic (exact) mass is 353 g/mol. The molecule has 0 bridgehead atoms. The third-order valence-corrected chi connectivity index (χ3v) is 5.31. The number of nitrogens with zero attached hydrogens (tertiary/aromatic N) is 2. The average molecular weight is 354 g/mol. The second-order valence-electron chi connectivity index (χ2n) is 7.71. The first kappa shape index (κ1) is 24.4. The summed E-state index contributed by atoms with van der Waals surface area (Å²) in [7, 11) is 0. The second kappa shape index (κ2) is 19.8. The van der Waals surface area contributed by atoms with E-state index in [9.17, 15) is 0 Å². The molecule has 0 atom stereocenters. The number of aliphatic imine (C=N–C) groups is 1. The van der Waals surface area contributed by atoms with Crippen LogP contribution < -0.4 is 6.15 Å². The lowest BCUT2D eigenvalue weighted by Gasteiger charge is -2.12. The zero-order valence-electron chi connectivity index (χ0n) is 17.3. The van der Waals surface area contributed by atoms with Crippen LogP contribution in [0.4, 0.5) is 0 Å². The first-order valence-corrected chi connectivity index (χ1v) is 11.2. The van der Waals surface area contributed by atoms with Gasteiger partial charge in [-0.25, -0.2) is 0 Å². The molecule has 0 radical (unpaired) electrons. The molecule has 1 rings (SSSR count). The zero-order chi connectivity index (χ0) is 17.1. The molecule has 1 aliphatic rings. The van der Waals surface area contributed by atoms with Crippen molar-refractivity contribution in [2.24, 2.45) is 4.99 Å². The van der Waals surface area contributed by atoms with Gasteiger partial charge in [0.2, 0.25) is 0 Å². The highest BCUT2D eigenvalue weighted by Crippen LogP contribution is 2.14. The smallest absolute Gasteiger partial charge is 0.0851 e. The Morgan fingerprint density at radius 3 is 1.40 bits per heavy atom. The Morgan fingerprint density at radius 2 is 1.04 bits per heavy atom. The van der Waals surface area contributed by atoms with Crippen LogP contribution in [0.25, 0.3) is 0 Å². The predicted octanol–water partition coefficient (Wildman–Crippen LogP) is 7.14. The molecule has 0 aromatic carbocycles. The normalized spacial score (nSPS) is 13.4. The fourth-order valence-electron chi connectivity index (χ4n) is 3.63. The van der Waals surface area contributed by atoms with Crippen molar-refractivity contribution in [3.8, 4) is 0 Å². The van der Waals surface area contributed by atoms with E-state index in [4.69, 9.17) is 0 Å². The van der Waals surface area contributed by atoms with Crippen molar-refractivity contribution in [1.29, 1.82) is 0 Å². The van der Waals surface area contributed by atoms with E-state index in [1.165, 1.54) is 116 Å². The van der Waals surface area contributed by atoms with Gasteiger partial charge in [-0.15, -0.1) is 0 Å². The van der Waals surface area contributed by atoms with Gasteiger partial charge >= 0.3 is 0 Å². The van der Waals surface area contributed by atoms with Crippen molar-refractivity contribution in [1.82, 2.24) is 11.1 Å². The highest BCUT2D eigenvalue weighted by molar-refractivity contribution is 5.56. The Labute approximate surface area is 158 Å². The largest absolute Gasteiger partial charge is 0.361 e. The molecule has 0 aromatic rings. The van der Waals surface area contributed by atoms with Crippen molar-refractivity contribution in [3.63, 3.8) is 0 Å². The van der Waals surface area contributed by atoms with Crippen molar-refractivity contribution < 1.29 is 0 Å². The van der Waals surface area contributed by atoms with Crippen LogP contribution in [-0.4, -0.2) is 30.9 Å². The maximum Gasteiger partial charge on any atom is 0.0851 e. The lowest BCUT2D eigenvalue weighted by molar-refractivity contribution is 0.438. The van der Waals surface area contributed by atoms with Gasteiger partial charge in [0.25, 0.3) is 0 Å². The molecular formula is C22H47N3. The highest BCUT2D eigenvalue weighted by Gasteiger charge is 2.03. The number of rotatable bonds is 18. The van der Waals surface area contributed by atoms with E-state index in [-0.39, 0.29) is 6.15 Å². The lowest BCUT2D eigenvalue weighted by atomic mass is 10.0. The summed E-state index contributed by atoms with van der Waals surface area (Å²) in [6, 6.07) is 0. The number of hydrogen-bond donors (Lipinski definition) is 1. The fourth-order valence-corrected chi connectivity index (χ4v) is 3.63. The van der Waals surface area contributed by atoms with E-state index in [0.717, 1.165) is 13.1 Å². The average Bonchev–Trinajstić information content (AvgIpc) is 3.11. The number of unbranched alkanes of at least 4 members (excludes halogenated alkanes) is 16. The maximum absolute atomic E-state index is 4.26. The summed E-state index contributed by atoms with van der Waals surface area (Å²) in [5, 5.41) is 0. The van der Waals surface area contributed by atoms with E-state index in [1.807, 2.05) is 6.34 Å². The molecule has 0 saturated carbocycles. The molecular weight excluding hydrogens is 306 g/mol. The Balaban J connectivity index is 0.00000576. The van der Waals surface area contributed by atoms with Gasteiger partial charge in [0.1, 0.15) is 0 Å². The summed E-state index contributed by atoms with van der Waals surface area (Å²) in [5.41, 5.74) is 0. The molecule has 1 heterocycles. The first-order chi connectivity index (χ1) is 11.9. The van der Waals surface area contributed by atoms with Gasteiger partial charge in [0, 0.05) is 13.1 Å². The van der Waals surface area contributed by atoms with Crippen LogP contribution in [0.5, 0.6) is 0 Å². The molecule has 3 N–H and O–H groups in total. The van der Waals surface area contributed by atoms with Crippen LogP contribution in [0.15, 0.2) is 4.99 Å². The van der Waals surface area contributed by atoms with Crippen molar-refractivity contribution in [3.05, 3.63) is 0 Å². The Kier molecular flexibility index (Phi) is 19.3. The van der Waals surface area contributed by atoms with Crippen LogP contribution in [0.1, 0.15) is 116 Å². The van der Waals surface area contributed by atoms with Crippen LogP contribution in [0.2, 0.25) is 0 Å². The minimum absolute atomic E-state index is 0. The Hall–Kier alpha value is -0.570. The summed E-state index contributed by atoms with van der Waals surface area (Å²) in [6.45, 7) is 5.69.